The van der Waals surface area contributed by atoms with E-state index >= 15 is 0 Å². The Morgan fingerprint density at radius 1 is 1.71 bits per heavy atom. The number of hydrogen-bond donors (Lipinski definition) is 1. The monoisotopic (exact) mass is 255 g/mol. The highest BCUT2D eigenvalue weighted by molar-refractivity contribution is 9.10. The molecule has 0 aliphatic rings. The van der Waals surface area contributed by atoms with Crippen molar-refractivity contribution in [3.63, 3.8) is 0 Å². The van der Waals surface area contributed by atoms with E-state index in [1.807, 2.05) is 19.1 Å². The van der Waals surface area contributed by atoms with E-state index in [1.54, 1.807) is 6.20 Å². The van der Waals surface area contributed by atoms with Crippen LogP contribution in [0.4, 0.5) is 0 Å². The standard InChI is InChI=1S/C11H14BrNO/c1-8(2)5-6-10(14)11-9(12)4-3-7-13-11/h3-4,7,10,14H,1,5-6H2,2H3. The zero-order valence-electron chi connectivity index (χ0n) is 8.20. The third-order valence-corrected chi connectivity index (χ3v) is 2.62. The molecular weight excluding hydrogens is 242 g/mol. The largest absolute Gasteiger partial charge is 0.387 e. The van der Waals surface area contributed by atoms with Crippen LogP contribution in [0.15, 0.2) is 35.0 Å². The van der Waals surface area contributed by atoms with Crippen molar-refractivity contribution in [2.75, 3.05) is 0 Å². The molecule has 0 spiro atoms. The third-order valence-electron chi connectivity index (χ3n) is 1.95. The fourth-order valence-corrected chi connectivity index (χ4v) is 1.68. The molecule has 0 bridgehead atoms. The first-order valence-electron chi connectivity index (χ1n) is 4.54. The van der Waals surface area contributed by atoms with E-state index in [-0.39, 0.29) is 0 Å². The van der Waals surface area contributed by atoms with Gasteiger partial charge in [0, 0.05) is 10.7 Å². The van der Waals surface area contributed by atoms with Gasteiger partial charge in [0.25, 0.3) is 0 Å². The highest BCUT2D eigenvalue weighted by atomic mass is 79.9. The molecule has 0 saturated carbocycles. The zero-order valence-corrected chi connectivity index (χ0v) is 9.79. The SMILES string of the molecule is C=C(C)CCC(O)c1ncccc1Br. The molecule has 1 atom stereocenters. The van der Waals surface area contributed by atoms with Crippen LogP contribution in [0.1, 0.15) is 31.6 Å². The fourth-order valence-electron chi connectivity index (χ4n) is 1.16. The minimum atomic E-state index is -0.512. The summed E-state index contributed by atoms with van der Waals surface area (Å²) >= 11 is 3.36. The lowest BCUT2D eigenvalue weighted by Gasteiger charge is -2.11. The molecule has 1 N–H and O–H groups in total. The second-order valence-corrected chi connectivity index (χ2v) is 4.24. The minimum Gasteiger partial charge on any atom is -0.387 e. The molecule has 0 saturated heterocycles. The van der Waals surface area contributed by atoms with Gasteiger partial charge in [-0.2, -0.15) is 0 Å². The Balaban J connectivity index is 2.65. The topological polar surface area (TPSA) is 33.1 Å². The summed E-state index contributed by atoms with van der Waals surface area (Å²) in [7, 11) is 0. The van der Waals surface area contributed by atoms with E-state index in [0.29, 0.717) is 12.1 Å². The predicted octanol–water partition coefficient (Wildman–Crippen LogP) is 3.23. The number of hydrogen-bond acceptors (Lipinski definition) is 2. The van der Waals surface area contributed by atoms with E-state index in [0.717, 1.165) is 16.5 Å². The average molecular weight is 256 g/mol. The van der Waals surface area contributed by atoms with Gasteiger partial charge in [0.05, 0.1) is 11.8 Å². The van der Waals surface area contributed by atoms with Crippen molar-refractivity contribution in [2.24, 2.45) is 0 Å². The molecule has 14 heavy (non-hydrogen) atoms. The first-order valence-corrected chi connectivity index (χ1v) is 5.33. The summed E-state index contributed by atoms with van der Waals surface area (Å²) in [5.74, 6) is 0. The summed E-state index contributed by atoms with van der Waals surface area (Å²) < 4.78 is 0.856. The van der Waals surface area contributed by atoms with Gasteiger partial charge in [0.15, 0.2) is 0 Å². The lowest BCUT2D eigenvalue weighted by Crippen LogP contribution is -2.01. The van der Waals surface area contributed by atoms with E-state index in [9.17, 15) is 5.11 Å². The molecule has 0 amide bonds. The van der Waals surface area contributed by atoms with Crippen molar-refractivity contribution in [3.8, 4) is 0 Å². The fraction of sp³-hybridized carbons (Fsp3) is 0.364. The summed E-state index contributed by atoms with van der Waals surface area (Å²) in [6, 6.07) is 3.71. The molecule has 0 fully saturated rings. The number of aliphatic hydroxyl groups is 1. The van der Waals surface area contributed by atoms with Crippen molar-refractivity contribution in [3.05, 3.63) is 40.6 Å². The number of rotatable bonds is 4. The molecule has 1 unspecified atom stereocenters. The number of allylic oxidation sites excluding steroid dienone is 1. The lowest BCUT2D eigenvalue weighted by atomic mass is 10.1. The molecule has 0 radical (unpaired) electrons. The minimum absolute atomic E-state index is 0.512. The number of aliphatic hydroxyl groups excluding tert-OH is 1. The molecule has 1 heterocycles. The van der Waals surface area contributed by atoms with Crippen LogP contribution in [0.3, 0.4) is 0 Å². The summed E-state index contributed by atoms with van der Waals surface area (Å²) in [5.41, 5.74) is 1.78. The van der Waals surface area contributed by atoms with Crippen LogP contribution in [0.25, 0.3) is 0 Å². The van der Waals surface area contributed by atoms with Crippen LogP contribution < -0.4 is 0 Å². The predicted molar refractivity (Wildman–Crippen MR) is 60.9 cm³/mol. The van der Waals surface area contributed by atoms with E-state index in [2.05, 4.69) is 27.5 Å². The lowest BCUT2D eigenvalue weighted by molar-refractivity contribution is 0.162. The van der Waals surface area contributed by atoms with E-state index in [1.165, 1.54) is 0 Å². The highest BCUT2D eigenvalue weighted by Crippen LogP contribution is 2.24. The first kappa shape index (κ1) is 11.4. The van der Waals surface area contributed by atoms with Crippen molar-refractivity contribution in [1.29, 1.82) is 0 Å². The van der Waals surface area contributed by atoms with Crippen LogP contribution in [-0.4, -0.2) is 10.1 Å². The smallest absolute Gasteiger partial charge is 0.0974 e. The highest BCUT2D eigenvalue weighted by Gasteiger charge is 2.11. The molecule has 0 aromatic carbocycles. The second kappa shape index (κ2) is 5.27. The molecule has 3 heteroatoms. The van der Waals surface area contributed by atoms with Crippen LogP contribution in [0.2, 0.25) is 0 Å². The maximum atomic E-state index is 9.82. The summed E-state index contributed by atoms with van der Waals surface area (Å²) in [6.45, 7) is 5.76. The Hall–Kier alpha value is -0.670. The average Bonchev–Trinajstić information content (AvgIpc) is 2.15. The second-order valence-electron chi connectivity index (χ2n) is 3.38. The van der Waals surface area contributed by atoms with Crippen LogP contribution in [0, 0.1) is 0 Å². The number of nitrogens with zero attached hydrogens (tertiary/aromatic N) is 1. The van der Waals surface area contributed by atoms with E-state index < -0.39 is 6.10 Å². The number of aromatic nitrogens is 1. The molecule has 0 aliphatic carbocycles. The zero-order chi connectivity index (χ0) is 10.6. The molecule has 76 valence electrons. The first-order chi connectivity index (χ1) is 6.61. The molecule has 1 aromatic rings. The van der Waals surface area contributed by atoms with Crippen molar-refractivity contribution in [2.45, 2.75) is 25.9 Å². The van der Waals surface area contributed by atoms with Crippen LogP contribution in [-0.2, 0) is 0 Å². The molecule has 1 aromatic heterocycles. The van der Waals surface area contributed by atoms with Gasteiger partial charge in [0.1, 0.15) is 0 Å². The maximum absolute atomic E-state index is 9.82. The molecule has 1 rings (SSSR count). The Morgan fingerprint density at radius 3 is 3.00 bits per heavy atom. The van der Waals surface area contributed by atoms with Gasteiger partial charge in [-0.15, -0.1) is 6.58 Å². The molecular formula is C11H14BrNO. The maximum Gasteiger partial charge on any atom is 0.0974 e. The van der Waals surface area contributed by atoms with Crippen LogP contribution >= 0.6 is 15.9 Å². The summed E-state index contributed by atoms with van der Waals surface area (Å²) in [5, 5.41) is 9.82. The van der Waals surface area contributed by atoms with Crippen molar-refractivity contribution < 1.29 is 5.11 Å². The Morgan fingerprint density at radius 2 is 2.43 bits per heavy atom. The van der Waals surface area contributed by atoms with Gasteiger partial charge in [-0.3, -0.25) is 4.98 Å². The molecule has 0 aliphatic heterocycles. The van der Waals surface area contributed by atoms with Gasteiger partial charge in [-0.05, 0) is 47.8 Å². The number of pyridine rings is 1. The third kappa shape index (κ3) is 3.24. The number of halogens is 1. The van der Waals surface area contributed by atoms with Gasteiger partial charge in [-0.1, -0.05) is 5.57 Å². The van der Waals surface area contributed by atoms with Gasteiger partial charge in [0.2, 0.25) is 0 Å². The quantitative estimate of drug-likeness (QED) is 0.839. The van der Waals surface area contributed by atoms with Gasteiger partial charge >= 0.3 is 0 Å². The van der Waals surface area contributed by atoms with E-state index in [4.69, 9.17) is 0 Å². The molecule has 2 nitrogen and oxygen atoms in total. The summed E-state index contributed by atoms with van der Waals surface area (Å²) in [4.78, 5) is 4.13. The van der Waals surface area contributed by atoms with Crippen molar-refractivity contribution >= 4 is 15.9 Å². The van der Waals surface area contributed by atoms with Gasteiger partial charge in [-0.25, -0.2) is 0 Å². The Kier molecular flexibility index (Phi) is 4.29. The Labute approximate surface area is 92.8 Å². The Bertz CT molecular complexity index is 325. The summed E-state index contributed by atoms with van der Waals surface area (Å²) in [6.07, 6.45) is 2.67. The van der Waals surface area contributed by atoms with Crippen LogP contribution in [0.5, 0.6) is 0 Å². The normalized spacial score (nSPS) is 12.5. The van der Waals surface area contributed by atoms with Gasteiger partial charge < -0.3 is 5.11 Å². The van der Waals surface area contributed by atoms with Crippen molar-refractivity contribution in [1.82, 2.24) is 4.98 Å².